The molecule has 162 valence electrons. The van der Waals surface area contributed by atoms with Gasteiger partial charge in [-0.1, -0.05) is 0 Å². The summed E-state index contributed by atoms with van der Waals surface area (Å²) in [5.74, 6) is -1.29. The number of hydrogen-bond acceptors (Lipinski definition) is 8. The molecule has 0 bridgehead atoms. The largest absolute Gasteiger partial charge is 0.497 e. The van der Waals surface area contributed by atoms with Crippen LogP contribution in [0.5, 0.6) is 5.75 Å². The summed E-state index contributed by atoms with van der Waals surface area (Å²) in [6.07, 6.45) is -1.61. The van der Waals surface area contributed by atoms with Crippen LogP contribution in [0.1, 0.15) is 0 Å². The summed E-state index contributed by atoms with van der Waals surface area (Å²) < 4.78 is 47.1. The third-order valence-electron chi connectivity index (χ3n) is 4.21. The maximum Gasteiger partial charge on any atom is 0.309 e. The quantitative estimate of drug-likeness (QED) is 0.372. The predicted molar refractivity (Wildman–Crippen MR) is 100 cm³/mol. The number of hydrogen-bond donors (Lipinski definition) is 2. The highest BCUT2D eigenvalue weighted by Gasteiger charge is 2.36. The number of nitrogens with one attached hydrogen (secondary N) is 2. The first-order chi connectivity index (χ1) is 13.8. The van der Waals surface area contributed by atoms with Gasteiger partial charge in [0.2, 0.25) is 10.0 Å². The van der Waals surface area contributed by atoms with Gasteiger partial charge >= 0.3 is 11.8 Å². The zero-order valence-corrected chi connectivity index (χ0v) is 17.2. The SMILES string of the molecule is COc1ccc(S(=O)(=O)N2CCO[C@H]2CNC(=O)C(=O)NCC(OC)OC)cc1. The van der Waals surface area contributed by atoms with Crippen molar-refractivity contribution in [2.24, 2.45) is 0 Å². The Morgan fingerprint density at radius 2 is 1.76 bits per heavy atom. The molecule has 2 amide bonds. The van der Waals surface area contributed by atoms with Crippen LogP contribution in [0.4, 0.5) is 0 Å². The second-order valence-corrected chi connectivity index (χ2v) is 7.83. The molecule has 1 atom stereocenters. The molecule has 1 saturated heterocycles. The molecule has 1 aliphatic rings. The van der Waals surface area contributed by atoms with Crippen LogP contribution in [0.3, 0.4) is 0 Å². The smallest absolute Gasteiger partial charge is 0.309 e. The summed E-state index contributed by atoms with van der Waals surface area (Å²) in [6, 6.07) is 5.94. The van der Waals surface area contributed by atoms with E-state index in [1.165, 1.54) is 45.6 Å². The van der Waals surface area contributed by atoms with Crippen molar-refractivity contribution in [3.8, 4) is 5.75 Å². The summed E-state index contributed by atoms with van der Waals surface area (Å²) in [6.45, 7) is 0.104. The molecule has 1 fully saturated rings. The minimum absolute atomic E-state index is 0.0167. The molecule has 1 aliphatic heterocycles. The predicted octanol–water partition coefficient (Wildman–Crippen LogP) is -1.11. The second-order valence-electron chi connectivity index (χ2n) is 5.94. The van der Waals surface area contributed by atoms with Gasteiger partial charge in [0.15, 0.2) is 6.29 Å². The fraction of sp³-hybridized carbons (Fsp3) is 0.529. The highest BCUT2D eigenvalue weighted by atomic mass is 32.2. The van der Waals surface area contributed by atoms with Crippen LogP contribution >= 0.6 is 0 Å². The number of rotatable bonds is 9. The van der Waals surface area contributed by atoms with Gasteiger partial charge in [0, 0.05) is 20.8 Å². The van der Waals surface area contributed by atoms with Gasteiger partial charge in [-0.05, 0) is 24.3 Å². The van der Waals surface area contributed by atoms with Crippen molar-refractivity contribution in [3.05, 3.63) is 24.3 Å². The first-order valence-electron chi connectivity index (χ1n) is 8.72. The number of methoxy groups -OCH3 is 3. The number of ether oxygens (including phenoxy) is 4. The van der Waals surface area contributed by atoms with Crippen molar-refractivity contribution in [2.75, 3.05) is 47.6 Å². The van der Waals surface area contributed by atoms with Crippen molar-refractivity contribution in [1.82, 2.24) is 14.9 Å². The van der Waals surface area contributed by atoms with E-state index in [1.54, 1.807) is 0 Å². The van der Waals surface area contributed by atoms with E-state index in [0.717, 1.165) is 4.31 Å². The van der Waals surface area contributed by atoms with Crippen LogP contribution < -0.4 is 15.4 Å². The summed E-state index contributed by atoms with van der Waals surface area (Å²) >= 11 is 0. The molecule has 29 heavy (non-hydrogen) atoms. The lowest BCUT2D eigenvalue weighted by Crippen LogP contribution is -2.48. The molecular formula is C17H25N3O8S. The van der Waals surface area contributed by atoms with Crippen molar-refractivity contribution in [1.29, 1.82) is 0 Å². The van der Waals surface area contributed by atoms with Crippen molar-refractivity contribution < 1.29 is 37.0 Å². The van der Waals surface area contributed by atoms with Gasteiger partial charge in [-0.2, -0.15) is 4.31 Å². The number of benzene rings is 1. The minimum atomic E-state index is -3.84. The number of sulfonamides is 1. The van der Waals surface area contributed by atoms with Gasteiger partial charge in [0.25, 0.3) is 0 Å². The number of carbonyl (C=O) groups excluding carboxylic acids is 2. The molecule has 2 N–H and O–H groups in total. The normalized spacial score (nSPS) is 17.3. The molecule has 12 heteroatoms. The van der Waals surface area contributed by atoms with Crippen LogP contribution in [-0.2, 0) is 33.8 Å². The molecule has 11 nitrogen and oxygen atoms in total. The zero-order chi connectivity index (χ0) is 21.4. The van der Waals surface area contributed by atoms with Crippen LogP contribution in [0, 0.1) is 0 Å². The number of nitrogens with zero attached hydrogens (tertiary/aromatic N) is 1. The number of carbonyl (C=O) groups is 2. The lowest BCUT2D eigenvalue weighted by atomic mass is 10.3. The van der Waals surface area contributed by atoms with Gasteiger partial charge in [0.1, 0.15) is 12.0 Å². The Kier molecular flexibility index (Phi) is 8.34. The van der Waals surface area contributed by atoms with Gasteiger partial charge in [0.05, 0.1) is 31.7 Å². The highest BCUT2D eigenvalue weighted by molar-refractivity contribution is 7.89. The van der Waals surface area contributed by atoms with Gasteiger partial charge < -0.3 is 29.6 Å². The Morgan fingerprint density at radius 3 is 2.34 bits per heavy atom. The van der Waals surface area contributed by atoms with Crippen molar-refractivity contribution in [3.63, 3.8) is 0 Å². The lowest BCUT2D eigenvalue weighted by molar-refractivity contribution is -0.142. The minimum Gasteiger partial charge on any atom is -0.497 e. The molecule has 1 aromatic carbocycles. The third-order valence-corrected chi connectivity index (χ3v) is 6.11. The first kappa shape index (κ1) is 23.0. The summed E-state index contributed by atoms with van der Waals surface area (Å²) in [4.78, 5) is 23.8. The Hall–Kier alpha value is -2.25. The van der Waals surface area contributed by atoms with E-state index in [-0.39, 0.29) is 31.1 Å². The van der Waals surface area contributed by atoms with Gasteiger partial charge in [-0.15, -0.1) is 0 Å². The molecule has 0 aromatic heterocycles. The molecule has 0 unspecified atom stereocenters. The van der Waals surface area contributed by atoms with E-state index in [1.807, 2.05) is 0 Å². The van der Waals surface area contributed by atoms with Crippen LogP contribution in [0.25, 0.3) is 0 Å². The van der Waals surface area contributed by atoms with Crippen molar-refractivity contribution >= 4 is 21.8 Å². The fourth-order valence-corrected chi connectivity index (χ4v) is 4.11. The second kappa shape index (κ2) is 10.5. The fourth-order valence-electron chi connectivity index (χ4n) is 2.60. The number of amides is 2. The summed E-state index contributed by atoms with van der Waals surface area (Å²) in [7, 11) is 0.439. The van der Waals surface area contributed by atoms with E-state index in [0.29, 0.717) is 5.75 Å². The maximum absolute atomic E-state index is 12.9. The molecule has 0 aliphatic carbocycles. The standard InChI is InChI=1S/C17H25N3O8S/c1-25-12-4-6-13(7-5-12)29(23,24)20-8-9-28-14(20)10-18-16(21)17(22)19-11-15(26-2)27-3/h4-7,14-15H,8-11H2,1-3H3,(H,18,21)(H,19,22)/t14-/m0/s1. The van der Waals surface area contributed by atoms with E-state index in [2.05, 4.69) is 10.6 Å². The average molecular weight is 431 g/mol. The van der Waals surface area contributed by atoms with Gasteiger partial charge in [-0.3, -0.25) is 9.59 Å². The Balaban J connectivity index is 1.94. The van der Waals surface area contributed by atoms with Crippen molar-refractivity contribution in [2.45, 2.75) is 17.4 Å². The summed E-state index contributed by atoms with van der Waals surface area (Å²) in [5.41, 5.74) is 0. The van der Waals surface area contributed by atoms with Crippen LogP contribution in [-0.4, -0.2) is 84.6 Å². The average Bonchev–Trinajstić information content (AvgIpc) is 3.22. The Morgan fingerprint density at radius 1 is 1.14 bits per heavy atom. The lowest BCUT2D eigenvalue weighted by Gasteiger charge is -2.23. The van der Waals surface area contributed by atoms with Gasteiger partial charge in [-0.25, -0.2) is 8.42 Å². The van der Waals surface area contributed by atoms with E-state index in [4.69, 9.17) is 18.9 Å². The summed E-state index contributed by atoms with van der Waals surface area (Å²) in [5, 5.41) is 4.72. The first-order valence-corrected chi connectivity index (χ1v) is 10.2. The molecule has 0 saturated carbocycles. The monoisotopic (exact) mass is 431 g/mol. The van der Waals surface area contributed by atoms with E-state index >= 15 is 0 Å². The van der Waals surface area contributed by atoms with E-state index in [9.17, 15) is 18.0 Å². The maximum atomic E-state index is 12.9. The Labute approximate surface area is 169 Å². The zero-order valence-electron chi connectivity index (χ0n) is 16.4. The topological polar surface area (TPSA) is 132 Å². The molecule has 0 radical (unpaired) electrons. The Bertz CT molecular complexity index is 795. The molecule has 0 spiro atoms. The molecule has 1 heterocycles. The van der Waals surface area contributed by atoms with Crippen LogP contribution in [0.2, 0.25) is 0 Å². The molecule has 1 aromatic rings. The molecular weight excluding hydrogens is 406 g/mol. The highest BCUT2D eigenvalue weighted by Crippen LogP contribution is 2.23. The molecule has 2 rings (SSSR count). The van der Waals surface area contributed by atoms with Crippen LogP contribution in [0.15, 0.2) is 29.2 Å². The third kappa shape index (κ3) is 5.87. The van der Waals surface area contributed by atoms with E-state index < -0.39 is 34.4 Å².